The second-order valence-electron chi connectivity index (χ2n) is 13.3. The molecule has 1 aliphatic rings. The highest BCUT2D eigenvalue weighted by Gasteiger charge is 2.42. The molecule has 0 heterocycles. The van der Waals surface area contributed by atoms with Gasteiger partial charge in [-0.15, -0.1) is 0 Å². The summed E-state index contributed by atoms with van der Waals surface area (Å²) in [6, 6.07) is 10.6. The van der Waals surface area contributed by atoms with Gasteiger partial charge in [-0.1, -0.05) is 98.2 Å². The summed E-state index contributed by atoms with van der Waals surface area (Å²) in [7, 11) is -2.03. The SMILES string of the molecule is C[C@@H]1CC[C@@H](C(C)(C)c2ccccc2)[C@H](OC(=O)/C=C/[C@H](C)[C@H](O[Si](C)(C)C(C)(C)C)[C@H](C)CO)C1. The van der Waals surface area contributed by atoms with Crippen molar-refractivity contribution >= 4 is 14.3 Å². The number of esters is 1. The Labute approximate surface area is 222 Å². The van der Waals surface area contributed by atoms with E-state index >= 15 is 0 Å². The molecule has 204 valence electrons. The van der Waals surface area contributed by atoms with Gasteiger partial charge >= 0.3 is 5.97 Å². The van der Waals surface area contributed by atoms with Crippen LogP contribution in [-0.4, -0.2) is 38.2 Å². The summed E-state index contributed by atoms with van der Waals surface area (Å²) in [5.41, 5.74) is 1.21. The lowest BCUT2D eigenvalue weighted by Gasteiger charge is -2.43. The van der Waals surface area contributed by atoms with Gasteiger partial charge in [-0.2, -0.15) is 0 Å². The number of rotatable bonds is 10. The molecule has 0 saturated heterocycles. The van der Waals surface area contributed by atoms with Crippen LogP contribution < -0.4 is 0 Å². The first-order chi connectivity index (χ1) is 16.6. The van der Waals surface area contributed by atoms with E-state index in [1.165, 1.54) is 5.56 Å². The van der Waals surface area contributed by atoms with E-state index < -0.39 is 8.32 Å². The smallest absolute Gasteiger partial charge is 0.330 e. The van der Waals surface area contributed by atoms with E-state index in [2.05, 4.69) is 85.8 Å². The lowest BCUT2D eigenvalue weighted by molar-refractivity contribution is -0.150. The van der Waals surface area contributed by atoms with Crippen LogP contribution in [-0.2, 0) is 19.4 Å². The van der Waals surface area contributed by atoms with Gasteiger partial charge in [0.05, 0.1) is 6.10 Å². The molecule has 36 heavy (non-hydrogen) atoms. The molecule has 1 fully saturated rings. The van der Waals surface area contributed by atoms with Crippen LogP contribution in [0.3, 0.4) is 0 Å². The predicted molar refractivity (Wildman–Crippen MR) is 152 cm³/mol. The van der Waals surface area contributed by atoms with Crippen molar-refractivity contribution in [1.82, 2.24) is 0 Å². The van der Waals surface area contributed by atoms with E-state index in [4.69, 9.17) is 9.16 Å². The van der Waals surface area contributed by atoms with E-state index in [1.807, 2.05) is 19.1 Å². The van der Waals surface area contributed by atoms with Gasteiger partial charge in [-0.3, -0.25) is 0 Å². The molecule has 0 aromatic heterocycles. The first kappa shape index (κ1) is 30.8. The summed E-state index contributed by atoms with van der Waals surface area (Å²) in [6.45, 7) is 22.1. The van der Waals surface area contributed by atoms with Crippen molar-refractivity contribution in [2.75, 3.05) is 6.61 Å². The van der Waals surface area contributed by atoms with Gasteiger partial charge < -0.3 is 14.3 Å². The van der Waals surface area contributed by atoms with Crippen LogP contribution in [0.4, 0.5) is 0 Å². The minimum atomic E-state index is -2.03. The van der Waals surface area contributed by atoms with Gasteiger partial charge in [0, 0.05) is 24.5 Å². The Morgan fingerprint density at radius 1 is 1.11 bits per heavy atom. The average Bonchev–Trinajstić information content (AvgIpc) is 2.80. The number of carbonyl (C=O) groups is 1. The number of aliphatic hydroxyl groups excluding tert-OH is 1. The maximum atomic E-state index is 13.0. The fraction of sp³-hybridized carbons (Fsp3) is 0.710. The van der Waals surface area contributed by atoms with Crippen molar-refractivity contribution in [3.63, 3.8) is 0 Å². The molecule has 5 heteroatoms. The number of benzene rings is 1. The molecule has 4 nitrogen and oxygen atoms in total. The summed E-state index contributed by atoms with van der Waals surface area (Å²) in [6.07, 6.45) is 6.35. The summed E-state index contributed by atoms with van der Waals surface area (Å²) in [5.74, 6) is 0.495. The second kappa shape index (κ2) is 12.4. The van der Waals surface area contributed by atoms with E-state index in [9.17, 15) is 9.90 Å². The largest absolute Gasteiger partial charge is 0.459 e. The first-order valence-electron chi connectivity index (χ1n) is 13.8. The van der Waals surface area contributed by atoms with E-state index in [-0.39, 0.29) is 53.0 Å². The molecular formula is C31H52O4Si. The highest BCUT2D eigenvalue weighted by Crippen LogP contribution is 2.44. The second-order valence-corrected chi connectivity index (χ2v) is 18.1. The quantitative estimate of drug-likeness (QED) is 0.198. The van der Waals surface area contributed by atoms with Gasteiger partial charge in [0.25, 0.3) is 0 Å². The van der Waals surface area contributed by atoms with Crippen LogP contribution >= 0.6 is 0 Å². The summed E-state index contributed by atoms with van der Waals surface area (Å²) >= 11 is 0. The van der Waals surface area contributed by atoms with Gasteiger partial charge in [0.2, 0.25) is 0 Å². The zero-order valence-corrected chi connectivity index (χ0v) is 25.5. The van der Waals surface area contributed by atoms with Crippen molar-refractivity contribution in [3.05, 3.63) is 48.0 Å². The maximum absolute atomic E-state index is 13.0. The number of aliphatic hydroxyl groups is 1. The predicted octanol–water partition coefficient (Wildman–Crippen LogP) is 7.52. The van der Waals surface area contributed by atoms with Crippen LogP contribution in [0.2, 0.25) is 18.1 Å². The highest BCUT2D eigenvalue weighted by molar-refractivity contribution is 6.74. The molecule has 1 aliphatic carbocycles. The van der Waals surface area contributed by atoms with Crippen molar-refractivity contribution in [2.24, 2.45) is 23.7 Å². The molecule has 0 spiro atoms. The zero-order valence-electron chi connectivity index (χ0n) is 24.5. The minimum Gasteiger partial charge on any atom is -0.459 e. The van der Waals surface area contributed by atoms with Crippen LogP contribution in [0.15, 0.2) is 42.5 Å². The van der Waals surface area contributed by atoms with Crippen molar-refractivity contribution in [3.8, 4) is 0 Å². The van der Waals surface area contributed by atoms with Crippen LogP contribution in [0.1, 0.15) is 80.2 Å². The van der Waals surface area contributed by atoms with Crippen molar-refractivity contribution < 1.29 is 19.1 Å². The lowest BCUT2D eigenvalue weighted by atomic mass is 9.64. The molecule has 0 unspecified atom stereocenters. The maximum Gasteiger partial charge on any atom is 0.330 e. The third-order valence-electron chi connectivity index (χ3n) is 8.91. The normalized spacial score (nSPS) is 24.4. The fourth-order valence-electron chi connectivity index (χ4n) is 5.26. The lowest BCUT2D eigenvalue weighted by Crippen LogP contribution is -2.47. The summed E-state index contributed by atoms with van der Waals surface area (Å²) in [5, 5.41) is 9.96. The van der Waals surface area contributed by atoms with Crippen LogP contribution in [0.25, 0.3) is 0 Å². The molecule has 1 saturated carbocycles. The molecular weight excluding hydrogens is 464 g/mol. The monoisotopic (exact) mass is 516 g/mol. The van der Waals surface area contributed by atoms with Crippen molar-refractivity contribution in [2.45, 2.75) is 110 Å². The minimum absolute atomic E-state index is 0.0179. The van der Waals surface area contributed by atoms with Gasteiger partial charge in [0.1, 0.15) is 6.10 Å². The van der Waals surface area contributed by atoms with E-state index in [1.54, 1.807) is 6.08 Å². The topological polar surface area (TPSA) is 55.8 Å². The first-order valence-corrected chi connectivity index (χ1v) is 16.7. The van der Waals surface area contributed by atoms with Gasteiger partial charge in [-0.05, 0) is 53.8 Å². The molecule has 0 amide bonds. The summed E-state index contributed by atoms with van der Waals surface area (Å²) in [4.78, 5) is 13.0. The summed E-state index contributed by atoms with van der Waals surface area (Å²) < 4.78 is 12.8. The highest BCUT2D eigenvalue weighted by atomic mass is 28.4. The van der Waals surface area contributed by atoms with E-state index in [0.717, 1.165) is 19.3 Å². The third kappa shape index (κ3) is 7.78. The molecule has 1 N–H and O–H groups in total. The number of hydrogen-bond acceptors (Lipinski definition) is 4. The molecule has 0 bridgehead atoms. The van der Waals surface area contributed by atoms with Gasteiger partial charge in [-0.25, -0.2) is 4.79 Å². The fourth-order valence-corrected chi connectivity index (χ4v) is 6.74. The number of ether oxygens (including phenoxy) is 1. The Morgan fingerprint density at radius 2 is 1.72 bits per heavy atom. The molecule has 6 atom stereocenters. The average molecular weight is 517 g/mol. The van der Waals surface area contributed by atoms with Gasteiger partial charge in [0.15, 0.2) is 8.32 Å². The Bertz CT molecular complexity index is 855. The van der Waals surface area contributed by atoms with Crippen LogP contribution in [0.5, 0.6) is 0 Å². The molecule has 2 rings (SSSR count). The standard InChI is InChI=1S/C31H52O4Si/c1-22-16-18-26(31(7,8)25-14-12-11-13-15-25)27(20-22)34-28(33)19-17-23(2)29(24(3)21-32)35-36(9,10)30(4,5)6/h11-15,17,19,22-24,26-27,29,32H,16,18,20-21H2,1-10H3/b19-17+/t22-,23+,24-,26-,27-,29+/m1/s1. The zero-order chi connectivity index (χ0) is 27.3. The molecule has 0 aliphatic heterocycles. The van der Waals surface area contributed by atoms with Crippen molar-refractivity contribution in [1.29, 1.82) is 0 Å². The Morgan fingerprint density at radius 3 is 2.28 bits per heavy atom. The Hall–Kier alpha value is -1.43. The number of carbonyl (C=O) groups excluding carboxylic acids is 1. The molecule has 1 aromatic rings. The number of hydrogen-bond donors (Lipinski definition) is 1. The molecule has 0 radical (unpaired) electrons. The Kier molecular flexibility index (Phi) is 10.6. The third-order valence-corrected chi connectivity index (χ3v) is 13.4. The molecule has 1 aromatic carbocycles. The van der Waals surface area contributed by atoms with E-state index in [0.29, 0.717) is 5.92 Å². The Balaban J connectivity index is 2.16. The van der Waals surface area contributed by atoms with Crippen LogP contribution in [0, 0.1) is 23.7 Å².